The highest BCUT2D eigenvalue weighted by atomic mass is 32.1. The van der Waals surface area contributed by atoms with Crippen molar-refractivity contribution in [3.05, 3.63) is 46.5 Å². The number of nitrogens with one attached hydrogen (secondary N) is 2. The van der Waals surface area contributed by atoms with Gasteiger partial charge in [0.25, 0.3) is 0 Å². The highest BCUT2D eigenvalue weighted by molar-refractivity contribution is 7.15. The molecule has 2 amide bonds. The van der Waals surface area contributed by atoms with E-state index >= 15 is 0 Å². The molecule has 0 aliphatic heterocycles. The van der Waals surface area contributed by atoms with Crippen molar-refractivity contribution >= 4 is 28.3 Å². The summed E-state index contributed by atoms with van der Waals surface area (Å²) in [5, 5.41) is 5.93. The van der Waals surface area contributed by atoms with Gasteiger partial charge in [-0.1, -0.05) is 27.2 Å². The SMILES string of the molecule is CCC[C@H](NC(=O)Cc1cc(F)cc(F)c1)C(=O)Nc1ncc(C(CC)CC)s1. The predicted octanol–water partition coefficient (Wildman–Crippen LogP) is 4.79. The third-order valence-electron chi connectivity index (χ3n) is 4.66. The number of hydrogen-bond donors (Lipinski definition) is 2. The van der Waals surface area contributed by atoms with Gasteiger partial charge in [-0.3, -0.25) is 9.59 Å². The maximum atomic E-state index is 13.3. The van der Waals surface area contributed by atoms with E-state index in [1.807, 2.05) is 6.92 Å². The fraction of sp³-hybridized carbons (Fsp3) is 0.476. The fourth-order valence-electron chi connectivity index (χ4n) is 3.12. The molecular formula is C21H27F2N3O2S. The van der Waals surface area contributed by atoms with Crippen molar-refractivity contribution < 1.29 is 18.4 Å². The van der Waals surface area contributed by atoms with Gasteiger partial charge in [0.2, 0.25) is 11.8 Å². The molecule has 1 atom stereocenters. The number of thiazole rings is 1. The van der Waals surface area contributed by atoms with Gasteiger partial charge in [0.1, 0.15) is 17.7 Å². The number of carbonyl (C=O) groups excluding carboxylic acids is 2. The summed E-state index contributed by atoms with van der Waals surface area (Å²) in [6.07, 6.45) is 4.70. The normalized spacial score (nSPS) is 12.1. The van der Waals surface area contributed by atoms with Gasteiger partial charge in [0.15, 0.2) is 5.13 Å². The summed E-state index contributed by atoms with van der Waals surface area (Å²) in [5.74, 6) is -1.90. The van der Waals surface area contributed by atoms with E-state index < -0.39 is 23.6 Å². The molecular weight excluding hydrogens is 396 g/mol. The van der Waals surface area contributed by atoms with Crippen LogP contribution in [0.4, 0.5) is 13.9 Å². The Kier molecular flexibility index (Phi) is 8.70. The first-order valence-corrected chi connectivity index (χ1v) is 10.7. The second-order valence-electron chi connectivity index (χ2n) is 6.93. The number of halogens is 2. The Labute approximate surface area is 173 Å². The number of rotatable bonds is 10. The number of nitrogens with zero attached hydrogens (tertiary/aromatic N) is 1. The summed E-state index contributed by atoms with van der Waals surface area (Å²) in [6.45, 7) is 6.13. The van der Waals surface area contributed by atoms with Crippen LogP contribution in [0.2, 0.25) is 0 Å². The molecule has 0 saturated carbocycles. The molecule has 158 valence electrons. The van der Waals surface area contributed by atoms with Crippen molar-refractivity contribution in [3.63, 3.8) is 0 Å². The smallest absolute Gasteiger partial charge is 0.248 e. The molecule has 1 heterocycles. The van der Waals surface area contributed by atoms with Crippen LogP contribution in [0.5, 0.6) is 0 Å². The molecule has 29 heavy (non-hydrogen) atoms. The lowest BCUT2D eigenvalue weighted by Crippen LogP contribution is -2.44. The molecule has 0 spiro atoms. The van der Waals surface area contributed by atoms with Crippen LogP contribution in [0.15, 0.2) is 24.4 Å². The van der Waals surface area contributed by atoms with Gasteiger partial charge in [-0.05, 0) is 42.9 Å². The number of hydrogen-bond acceptors (Lipinski definition) is 4. The van der Waals surface area contributed by atoms with E-state index in [0.717, 1.165) is 35.9 Å². The largest absolute Gasteiger partial charge is 0.344 e. The first-order valence-electron chi connectivity index (χ1n) is 9.87. The predicted molar refractivity (Wildman–Crippen MR) is 111 cm³/mol. The average molecular weight is 424 g/mol. The molecule has 0 radical (unpaired) electrons. The number of benzene rings is 1. The number of amides is 2. The molecule has 0 aliphatic rings. The fourth-order valence-corrected chi connectivity index (χ4v) is 4.20. The molecule has 0 bridgehead atoms. The van der Waals surface area contributed by atoms with Crippen LogP contribution in [0, 0.1) is 11.6 Å². The second kappa shape index (κ2) is 11.0. The molecule has 2 aromatic rings. The van der Waals surface area contributed by atoms with E-state index in [0.29, 0.717) is 23.9 Å². The third kappa shape index (κ3) is 6.88. The van der Waals surface area contributed by atoms with Gasteiger partial charge in [-0.25, -0.2) is 13.8 Å². The standard InChI is InChI=1S/C21H27F2N3O2S/c1-4-7-17(25-19(27)10-13-8-15(22)11-16(23)9-13)20(28)26-21-24-12-18(29-21)14(5-2)6-3/h8-9,11-12,14,17H,4-7,10H2,1-3H3,(H,25,27)(H,24,26,28)/t17-/m0/s1. The number of anilines is 1. The molecule has 8 heteroatoms. The summed E-state index contributed by atoms with van der Waals surface area (Å²) in [6, 6.07) is 2.21. The quantitative estimate of drug-likeness (QED) is 0.577. The second-order valence-corrected chi connectivity index (χ2v) is 8.00. The molecule has 0 unspecified atom stereocenters. The van der Waals surface area contributed by atoms with Crippen LogP contribution in [0.3, 0.4) is 0 Å². The van der Waals surface area contributed by atoms with Crippen LogP contribution in [-0.2, 0) is 16.0 Å². The minimum absolute atomic E-state index is 0.210. The van der Waals surface area contributed by atoms with E-state index in [2.05, 4.69) is 29.5 Å². The van der Waals surface area contributed by atoms with E-state index in [1.165, 1.54) is 11.3 Å². The molecule has 5 nitrogen and oxygen atoms in total. The van der Waals surface area contributed by atoms with Gasteiger partial charge in [-0.15, -0.1) is 11.3 Å². The highest BCUT2D eigenvalue weighted by Gasteiger charge is 2.22. The summed E-state index contributed by atoms with van der Waals surface area (Å²) in [5.41, 5.74) is 0.213. The zero-order chi connectivity index (χ0) is 21.4. The Morgan fingerprint density at radius 1 is 1.10 bits per heavy atom. The molecule has 0 saturated heterocycles. The Morgan fingerprint density at radius 2 is 1.76 bits per heavy atom. The monoisotopic (exact) mass is 423 g/mol. The highest BCUT2D eigenvalue weighted by Crippen LogP contribution is 2.30. The van der Waals surface area contributed by atoms with Gasteiger partial charge in [-0.2, -0.15) is 0 Å². The molecule has 0 aliphatic carbocycles. The maximum Gasteiger partial charge on any atom is 0.248 e. The van der Waals surface area contributed by atoms with Gasteiger partial charge in [0.05, 0.1) is 6.42 Å². The van der Waals surface area contributed by atoms with Crippen molar-refractivity contribution in [1.29, 1.82) is 0 Å². The van der Waals surface area contributed by atoms with Crippen molar-refractivity contribution in [3.8, 4) is 0 Å². The summed E-state index contributed by atoms with van der Waals surface area (Å²) >= 11 is 1.44. The zero-order valence-electron chi connectivity index (χ0n) is 16.9. The lowest BCUT2D eigenvalue weighted by molar-refractivity contribution is -0.126. The van der Waals surface area contributed by atoms with Crippen LogP contribution < -0.4 is 10.6 Å². The van der Waals surface area contributed by atoms with Gasteiger partial charge < -0.3 is 10.6 Å². The lowest BCUT2D eigenvalue weighted by Gasteiger charge is -2.17. The Bertz CT molecular complexity index is 817. The van der Waals surface area contributed by atoms with Crippen LogP contribution >= 0.6 is 11.3 Å². The number of carbonyl (C=O) groups is 2. The van der Waals surface area contributed by atoms with Crippen LogP contribution in [-0.4, -0.2) is 22.8 Å². The minimum Gasteiger partial charge on any atom is -0.344 e. The van der Waals surface area contributed by atoms with E-state index in [-0.39, 0.29) is 17.9 Å². The van der Waals surface area contributed by atoms with Crippen LogP contribution in [0.25, 0.3) is 0 Å². The van der Waals surface area contributed by atoms with Crippen molar-refractivity contribution in [2.75, 3.05) is 5.32 Å². The molecule has 0 fully saturated rings. The van der Waals surface area contributed by atoms with Crippen molar-refractivity contribution in [1.82, 2.24) is 10.3 Å². The van der Waals surface area contributed by atoms with Gasteiger partial charge >= 0.3 is 0 Å². The molecule has 1 aromatic carbocycles. The minimum atomic E-state index is -0.744. The Balaban J connectivity index is 2.00. The maximum absolute atomic E-state index is 13.3. The molecule has 2 N–H and O–H groups in total. The van der Waals surface area contributed by atoms with E-state index in [4.69, 9.17) is 0 Å². The topological polar surface area (TPSA) is 71.1 Å². The van der Waals surface area contributed by atoms with Crippen molar-refractivity contribution in [2.24, 2.45) is 0 Å². The first-order chi connectivity index (χ1) is 13.9. The Hall–Kier alpha value is -2.35. The van der Waals surface area contributed by atoms with Crippen molar-refractivity contribution in [2.45, 2.75) is 64.8 Å². The summed E-state index contributed by atoms with van der Waals surface area (Å²) in [7, 11) is 0. The van der Waals surface area contributed by atoms with Crippen LogP contribution in [0.1, 0.15) is 62.8 Å². The summed E-state index contributed by atoms with van der Waals surface area (Å²) in [4.78, 5) is 30.3. The van der Waals surface area contributed by atoms with E-state index in [1.54, 1.807) is 6.20 Å². The Morgan fingerprint density at radius 3 is 2.34 bits per heavy atom. The zero-order valence-corrected chi connectivity index (χ0v) is 17.7. The summed E-state index contributed by atoms with van der Waals surface area (Å²) < 4.78 is 26.6. The van der Waals surface area contributed by atoms with E-state index in [9.17, 15) is 18.4 Å². The lowest BCUT2D eigenvalue weighted by atomic mass is 10.0. The number of aromatic nitrogens is 1. The van der Waals surface area contributed by atoms with Gasteiger partial charge in [0, 0.05) is 17.1 Å². The average Bonchev–Trinajstić information content (AvgIpc) is 3.09. The molecule has 2 rings (SSSR count). The molecule has 1 aromatic heterocycles. The first kappa shape index (κ1) is 22.9. The third-order valence-corrected chi connectivity index (χ3v) is 5.73.